The molecule has 0 unspecified atom stereocenters. The second-order valence-corrected chi connectivity index (χ2v) is 5.87. The van der Waals surface area contributed by atoms with E-state index in [9.17, 15) is 9.59 Å². The van der Waals surface area contributed by atoms with Gasteiger partial charge in [-0.25, -0.2) is 4.79 Å². The molecule has 5 nitrogen and oxygen atoms in total. The molecule has 0 heterocycles. The highest BCUT2D eigenvalue weighted by Gasteiger charge is 2.06. The van der Waals surface area contributed by atoms with Gasteiger partial charge in [0.2, 0.25) is 0 Å². The minimum Gasteiger partial charge on any atom is -0.494 e. The van der Waals surface area contributed by atoms with Gasteiger partial charge in [-0.1, -0.05) is 19.4 Å². The van der Waals surface area contributed by atoms with Crippen molar-refractivity contribution in [2.45, 2.75) is 26.7 Å². The predicted octanol–water partition coefficient (Wildman–Crippen LogP) is 4.85. The molecule has 5 heteroatoms. The average molecular weight is 367 g/mol. The van der Waals surface area contributed by atoms with Crippen LogP contribution in [-0.4, -0.2) is 25.0 Å². The van der Waals surface area contributed by atoms with E-state index in [0.717, 1.165) is 18.6 Å². The molecule has 142 valence electrons. The fraction of sp³-hybridized carbons (Fsp3) is 0.273. The van der Waals surface area contributed by atoms with Crippen LogP contribution in [0, 0.1) is 0 Å². The number of hydrogen-bond donors (Lipinski definition) is 1. The molecule has 0 bridgehead atoms. The standard InChI is InChI=1S/C22H25NO4/c1-3-5-15-27-20-11-9-17(10-12-20)21(24)13-14-23-19-8-6-7-18(16-19)22(25)26-4-2/h6-14,16,23H,3-5,15H2,1-2H3. The second kappa shape index (κ2) is 10.8. The van der Waals surface area contributed by atoms with Crippen LogP contribution >= 0.6 is 0 Å². The van der Waals surface area contributed by atoms with E-state index in [0.29, 0.717) is 30.0 Å². The van der Waals surface area contributed by atoms with Crippen LogP contribution in [0.1, 0.15) is 47.4 Å². The topological polar surface area (TPSA) is 64.6 Å². The summed E-state index contributed by atoms with van der Waals surface area (Å²) in [5.41, 5.74) is 1.74. The molecule has 2 rings (SSSR count). The first kappa shape index (κ1) is 20.2. The van der Waals surface area contributed by atoms with Crippen LogP contribution in [0.3, 0.4) is 0 Å². The van der Waals surface area contributed by atoms with Crippen LogP contribution in [0.15, 0.2) is 60.8 Å². The Hall–Kier alpha value is -3.08. The van der Waals surface area contributed by atoms with Gasteiger partial charge in [0.15, 0.2) is 5.78 Å². The van der Waals surface area contributed by atoms with Crippen molar-refractivity contribution in [1.29, 1.82) is 0 Å². The molecule has 0 spiro atoms. The third kappa shape index (κ3) is 6.62. The van der Waals surface area contributed by atoms with Crippen LogP contribution in [-0.2, 0) is 4.74 Å². The van der Waals surface area contributed by atoms with E-state index in [1.165, 1.54) is 6.08 Å². The van der Waals surface area contributed by atoms with Crippen molar-refractivity contribution in [1.82, 2.24) is 0 Å². The molecule has 0 saturated heterocycles. The molecule has 0 aliphatic heterocycles. The Bertz CT molecular complexity index is 781. The van der Waals surface area contributed by atoms with Crippen molar-refractivity contribution in [3.05, 3.63) is 71.9 Å². The Morgan fingerprint density at radius 1 is 1.04 bits per heavy atom. The summed E-state index contributed by atoms with van der Waals surface area (Å²) >= 11 is 0. The van der Waals surface area contributed by atoms with Crippen LogP contribution in [0.5, 0.6) is 5.75 Å². The molecule has 0 amide bonds. The monoisotopic (exact) mass is 367 g/mol. The molecular weight excluding hydrogens is 342 g/mol. The highest BCUT2D eigenvalue weighted by Crippen LogP contribution is 2.14. The Balaban J connectivity index is 1.91. The Kier molecular flexibility index (Phi) is 8.10. The van der Waals surface area contributed by atoms with Crippen molar-refractivity contribution < 1.29 is 19.1 Å². The first-order valence-electron chi connectivity index (χ1n) is 9.11. The van der Waals surface area contributed by atoms with Crippen LogP contribution in [0.4, 0.5) is 5.69 Å². The van der Waals surface area contributed by atoms with Gasteiger partial charge in [-0.15, -0.1) is 0 Å². The third-order valence-corrected chi connectivity index (χ3v) is 3.76. The van der Waals surface area contributed by atoms with Crippen molar-refractivity contribution in [2.24, 2.45) is 0 Å². The fourth-order valence-corrected chi connectivity index (χ4v) is 2.31. The molecule has 0 saturated carbocycles. The number of rotatable bonds is 10. The molecule has 0 aliphatic carbocycles. The van der Waals surface area contributed by atoms with Crippen LogP contribution < -0.4 is 10.1 Å². The molecule has 0 aromatic heterocycles. The number of esters is 1. The first-order valence-corrected chi connectivity index (χ1v) is 9.11. The molecule has 2 aromatic carbocycles. The van der Waals surface area contributed by atoms with E-state index < -0.39 is 0 Å². The van der Waals surface area contributed by atoms with Gasteiger partial charge >= 0.3 is 5.97 Å². The number of unbranched alkanes of at least 4 members (excludes halogenated alkanes) is 1. The number of allylic oxidation sites excluding steroid dienone is 1. The zero-order valence-electron chi connectivity index (χ0n) is 15.7. The fourth-order valence-electron chi connectivity index (χ4n) is 2.31. The Labute approximate surface area is 160 Å². The maximum atomic E-state index is 12.2. The first-order chi connectivity index (χ1) is 13.1. The highest BCUT2D eigenvalue weighted by molar-refractivity contribution is 6.04. The molecule has 0 radical (unpaired) electrons. The zero-order chi connectivity index (χ0) is 19.5. The largest absolute Gasteiger partial charge is 0.494 e. The summed E-state index contributed by atoms with van der Waals surface area (Å²) in [6.07, 6.45) is 5.09. The van der Waals surface area contributed by atoms with E-state index in [4.69, 9.17) is 9.47 Å². The number of hydrogen-bond acceptors (Lipinski definition) is 5. The summed E-state index contributed by atoms with van der Waals surface area (Å²) in [6, 6.07) is 14.0. The van der Waals surface area contributed by atoms with Crippen LogP contribution in [0.2, 0.25) is 0 Å². The van der Waals surface area contributed by atoms with Crippen molar-refractivity contribution in [3.63, 3.8) is 0 Å². The number of anilines is 1. The van der Waals surface area contributed by atoms with Crippen molar-refractivity contribution in [3.8, 4) is 5.75 Å². The summed E-state index contributed by atoms with van der Waals surface area (Å²) in [5.74, 6) is 0.268. The van der Waals surface area contributed by atoms with E-state index in [1.54, 1.807) is 61.7 Å². The quantitative estimate of drug-likeness (QED) is 0.281. The van der Waals surface area contributed by atoms with Gasteiger partial charge < -0.3 is 14.8 Å². The molecule has 1 N–H and O–H groups in total. The molecular formula is C22H25NO4. The summed E-state index contributed by atoms with van der Waals surface area (Å²) in [5, 5.41) is 2.99. The Morgan fingerprint density at radius 2 is 1.81 bits per heavy atom. The maximum Gasteiger partial charge on any atom is 0.338 e. The SMILES string of the molecule is CCCCOc1ccc(C(=O)C=CNc2cccc(C(=O)OCC)c2)cc1. The van der Waals surface area contributed by atoms with E-state index in [2.05, 4.69) is 12.2 Å². The molecule has 0 atom stereocenters. The summed E-state index contributed by atoms with van der Waals surface area (Å²) in [7, 11) is 0. The van der Waals surface area contributed by atoms with Gasteiger partial charge in [0.05, 0.1) is 18.8 Å². The summed E-state index contributed by atoms with van der Waals surface area (Å²) in [4.78, 5) is 24.0. The Morgan fingerprint density at radius 3 is 2.52 bits per heavy atom. The maximum absolute atomic E-state index is 12.2. The van der Waals surface area contributed by atoms with Gasteiger partial charge in [0.25, 0.3) is 0 Å². The van der Waals surface area contributed by atoms with Crippen molar-refractivity contribution >= 4 is 17.4 Å². The normalized spacial score (nSPS) is 10.6. The summed E-state index contributed by atoms with van der Waals surface area (Å²) in [6.45, 7) is 4.88. The lowest BCUT2D eigenvalue weighted by atomic mass is 10.1. The number of nitrogens with one attached hydrogen (secondary N) is 1. The van der Waals surface area contributed by atoms with E-state index in [-0.39, 0.29) is 11.8 Å². The predicted molar refractivity (Wildman–Crippen MR) is 106 cm³/mol. The van der Waals surface area contributed by atoms with E-state index in [1.807, 2.05) is 0 Å². The van der Waals surface area contributed by atoms with Gasteiger partial charge in [0, 0.05) is 23.5 Å². The molecule has 2 aromatic rings. The zero-order valence-corrected chi connectivity index (χ0v) is 15.7. The summed E-state index contributed by atoms with van der Waals surface area (Å²) < 4.78 is 10.6. The van der Waals surface area contributed by atoms with Gasteiger partial charge in [-0.2, -0.15) is 0 Å². The minimum atomic E-state index is -0.373. The number of ether oxygens (including phenoxy) is 2. The molecule has 0 fully saturated rings. The number of ketones is 1. The van der Waals surface area contributed by atoms with Crippen molar-refractivity contribution in [2.75, 3.05) is 18.5 Å². The second-order valence-electron chi connectivity index (χ2n) is 5.87. The minimum absolute atomic E-state index is 0.121. The molecule has 27 heavy (non-hydrogen) atoms. The third-order valence-electron chi connectivity index (χ3n) is 3.76. The lowest BCUT2D eigenvalue weighted by Crippen LogP contribution is -2.04. The van der Waals surface area contributed by atoms with Gasteiger partial charge in [0.1, 0.15) is 5.75 Å². The van der Waals surface area contributed by atoms with Gasteiger partial charge in [-0.3, -0.25) is 4.79 Å². The lowest BCUT2D eigenvalue weighted by molar-refractivity contribution is 0.0526. The number of carbonyl (C=O) groups excluding carboxylic acids is 2. The van der Waals surface area contributed by atoms with Gasteiger partial charge in [-0.05, 0) is 55.8 Å². The highest BCUT2D eigenvalue weighted by atomic mass is 16.5. The van der Waals surface area contributed by atoms with E-state index >= 15 is 0 Å². The van der Waals surface area contributed by atoms with Crippen LogP contribution in [0.25, 0.3) is 0 Å². The average Bonchev–Trinajstić information content (AvgIpc) is 2.69. The number of benzene rings is 2. The molecule has 0 aliphatic rings. The number of carbonyl (C=O) groups is 2. The lowest BCUT2D eigenvalue weighted by Gasteiger charge is -2.06. The smallest absolute Gasteiger partial charge is 0.338 e.